The van der Waals surface area contributed by atoms with Crippen LogP contribution in [0.25, 0.3) is 0 Å². The normalized spacial score (nSPS) is 17.5. The van der Waals surface area contributed by atoms with Gasteiger partial charge >= 0.3 is 5.97 Å². The van der Waals surface area contributed by atoms with Crippen LogP contribution in [0, 0.1) is 5.92 Å². The van der Waals surface area contributed by atoms with Gasteiger partial charge in [-0.15, -0.1) is 0 Å². The molecule has 0 aliphatic carbocycles. The highest BCUT2D eigenvalue weighted by Crippen LogP contribution is 2.23. The van der Waals surface area contributed by atoms with Gasteiger partial charge in [-0.3, -0.25) is 14.4 Å². The molecule has 1 aliphatic heterocycles. The van der Waals surface area contributed by atoms with Crippen molar-refractivity contribution in [3.63, 3.8) is 0 Å². The monoisotopic (exact) mass is 352 g/mol. The zero-order valence-electron chi connectivity index (χ0n) is 14.2. The third kappa shape index (κ3) is 3.91. The third-order valence-electron chi connectivity index (χ3n) is 4.54. The van der Waals surface area contributed by atoms with Crippen molar-refractivity contribution in [3.8, 4) is 0 Å². The van der Waals surface area contributed by atoms with Gasteiger partial charge in [0.05, 0.1) is 5.92 Å². The fourth-order valence-corrected chi connectivity index (χ4v) is 3.08. The van der Waals surface area contributed by atoms with Crippen LogP contribution in [-0.4, -0.2) is 40.9 Å². The van der Waals surface area contributed by atoms with Gasteiger partial charge in [0, 0.05) is 18.7 Å². The second-order valence-electron chi connectivity index (χ2n) is 6.29. The number of likely N-dealkylation sites (tertiary alicyclic amines) is 1. The first-order chi connectivity index (χ1) is 12.6. The van der Waals surface area contributed by atoms with Gasteiger partial charge in [-0.05, 0) is 24.1 Å². The summed E-state index contributed by atoms with van der Waals surface area (Å²) in [5, 5.41) is 11.9. The Bertz CT molecular complexity index is 792. The molecule has 6 nitrogen and oxygen atoms in total. The lowest BCUT2D eigenvalue weighted by molar-refractivity contribution is -0.141. The maximum Gasteiger partial charge on any atom is 0.308 e. The second kappa shape index (κ2) is 7.82. The van der Waals surface area contributed by atoms with Crippen molar-refractivity contribution in [2.75, 3.05) is 13.1 Å². The van der Waals surface area contributed by atoms with Crippen LogP contribution in [0.2, 0.25) is 0 Å². The van der Waals surface area contributed by atoms with E-state index in [1.807, 2.05) is 12.1 Å². The average molecular weight is 352 g/mol. The Morgan fingerprint density at radius 3 is 2.19 bits per heavy atom. The molecule has 1 saturated heterocycles. The van der Waals surface area contributed by atoms with Gasteiger partial charge in [0.1, 0.15) is 6.04 Å². The van der Waals surface area contributed by atoms with E-state index in [0.29, 0.717) is 24.1 Å². The number of carbonyl (C=O) groups excluding carboxylic acids is 2. The molecule has 26 heavy (non-hydrogen) atoms. The van der Waals surface area contributed by atoms with Crippen molar-refractivity contribution in [3.05, 3.63) is 71.8 Å². The molecule has 2 N–H and O–H groups in total. The zero-order chi connectivity index (χ0) is 18.5. The number of carbonyl (C=O) groups is 3. The molecule has 0 spiro atoms. The summed E-state index contributed by atoms with van der Waals surface area (Å²) >= 11 is 0. The predicted molar refractivity (Wildman–Crippen MR) is 95.4 cm³/mol. The number of benzene rings is 2. The SMILES string of the molecule is O=C(NC(C(=O)N1CCC(C(=O)O)C1)c1ccccc1)c1ccccc1. The number of aliphatic carboxylic acids is 1. The largest absolute Gasteiger partial charge is 0.481 e. The van der Waals surface area contributed by atoms with Gasteiger partial charge < -0.3 is 15.3 Å². The van der Waals surface area contributed by atoms with Crippen LogP contribution >= 0.6 is 0 Å². The molecule has 2 aromatic carbocycles. The number of nitrogens with one attached hydrogen (secondary N) is 1. The molecule has 0 radical (unpaired) electrons. The first-order valence-corrected chi connectivity index (χ1v) is 8.48. The van der Waals surface area contributed by atoms with Crippen LogP contribution in [0.4, 0.5) is 0 Å². The van der Waals surface area contributed by atoms with Crippen LogP contribution in [0.5, 0.6) is 0 Å². The van der Waals surface area contributed by atoms with Crippen molar-refractivity contribution in [2.24, 2.45) is 5.92 Å². The minimum absolute atomic E-state index is 0.165. The average Bonchev–Trinajstić information content (AvgIpc) is 3.17. The summed E-state index contributed by atoms with van der Waals surface area (Å²) in [5.74, 6) is -2.09. The Morgan fingerprint density at radius 1 is 1.00 bits per heavy atom. The Kier molecular flexibility index (Phi) is 5.31. The Morgan fingerprint density at radius 2 is 1.62 bits per heavy atom. The summed E-state index contributed by atoms with van der Waals surface area (Å²) < 4.78 is 0. The molecule has 0 aromatic heterocycles. The van der Waals surface area contributed by atoms with Crippen LogP contribution in [0.3, 0.4) is 0 Å². The Balaban J connectivity index is 1.81. The highest BCUT2D eigenvalue weighted by atomic mass is 16.4. The minimum atomic E-state index is -0.898. The maximum absolute atomic E-state index is 13.0. The summed E-state index contributed by atoms with van der Waals surface area (Å²) in [4.78, 5) is 38.2. The van der Waals surface area contributed by atoms with Gasteiger partial charge in [0.2, 0.25) is 5.91 Å². The number of hydrogen-bond acceptors (Lipinski definition) is 3. The van der Waals surface area contributed by atoms with Gasteiger partial charge in [-0.1, -0.05) is 48.5 Å². The molecule has 0 bridgehead atoms. The van der Waals surface area contributed by atoms with Crippen molar-refractivity contribution in [2.45, 2.75) is 12.5 Å². The van der Waals surface area contributed by atoms with Crippen LogP contribution in [0.1, 0.15) is 28.4 Å². The standard InChI is InChI=1S/C20H20N2O4/c23-18(15-9-5-2-6-10-15)21-17(14-7-3-1-4-8-14)19(24)22-12-11-16(13-22)20(25)26/h1-10,16-17H,11-13H2,(H,21,23)(H,25,26). The quantitative estimate of drug-likeness (QED) is 0.863. The minimum Gasteiger partial charge on any atom is -0.481 e. The summed E-state index contributed by atoms with van der Waals surface area (Å²) in [6.07, 6.45) is 0.426. The first kappa shape index (κ1) is 17.7. The van der Waals surface area contributed by atoms with Gasteiger partial charge in [0.15, 0.2) is 0 Å². The van der Waals surface area contributed by atoms with Gasteiger partial charge in [-0.25, -0.2) is 0 Å². The molecule has 2 aromatic rings. The first-order valence-electron chi connectivity index (χ1n) is 8.48. The van der Waals surface area contributed by atoms with E-state index >= 15 is 0 Å². The van der Waals surface area contributed by atoms with Crippen LogP contribution < -0.4 is 5.32 Å². The van der Waals surface area contributed by atoms with Gasteiger partial charge in [-0.2, -0.15) is 0 Å². The van der Waals surface area contributed by atoms with E-state index in [9.17, 15) is 14.4 Å². The molecular weight excluding hydrogens is 332 g/mol. The molecule has 2 amide bonds. The number of rotatable bonds is 5. The van der Waals surface area contributed by atoms with E-state index in [2.05, 4.69) is 5.32 Å². The molecule has 2 unspecified atom stereocenters. The number of amides is 2. The molecule has 3 rings (SSSR count). The lowest BCUT2D eigenvalue weighted by Gasteiger charge is -2.24. The lowest BCUT2D eigenvalue weighted by atomic mass is 10.0. The highest BCUT2D eigenvalue weighted by molar-refractivity contribution is 5.98. The number of nitrogens with zero attached hydrogens (tertiary/aromatic N) is 1. The molecular formula is C20H20N2O4. The van der Waals surface area contributed by atoms with Crippen molar-refractivity contribution < 1.29 is 19.5 Å². The van der Waals surface area contributed by atoms with Crippen LogP contribution in [0.15, 0.2) is 60.7 Å². The highest BCUT2D eigenvalue weighted by Gasteiger charge is 2.35. The Hall–Kier alpha value is -3.15. The molecule has 134 valence electrons. The van der Waals surface area contributed by atoms with E-state index < -0.39 is 17.9 Å². The van der Waals surface area contributed by atoms with E-state index in [4.69, 9.17) is 5.11 Å². The van der Waals surface area contributed by atoms with Crippen molar-refractivity contribution in [1.29, 1.82) is 0 Å². The van der Waals surface area contributed by atoms with Crippen LogP contribution in [-0.2, 0) is 9.59 Å². The summed E-state index contributed by atoms with van der Waals surface area (Å²) in [6.45, 7) is 0.541. The fourth-order valence-electron chi connectivity index (χ4n) is 3.08. The number of hydrogen-bond donors (Lipinski definition) is 2. The van der Waals surface area contributed by atoms with Gasteiger partial charge in [0.25, 0.3) is 5.91 Å². The zero-order valence-corrected chi connectivity index (χ0v) is 14.2. The molecule has 6 heteroatoms. The molecule has 2 atom stereocenters. The predicted octanol–water partition coefficient (Wildman–Crippen LogP) is 2.09. The lowest BCUT2D eigenvalue weighted by Crippen LogP contribution is -2.42. The van der Waals surface area contributed by atoms with Crippen molar-refractivity contribution in [1.82, 2.24) is 10.2 Å². The molecule has 0 saturated carbocycles. The fraction of sp³-hybridized carbons (Fsp3) is 0.250. The number of carboxylic acid groups (broad SMARTS) is 1. The summed E-state index contributed by atoms with van der Waals surface area (Å²) in [6, 6.07) is 16.8. The van der Waals surface area contributed by atoms with E-state index in [0.717, 1.165) is 0 Å². The van der Waals surface area contributed by atoms with E-state index in [-0.39, 0.29) is 18.4 Å². The van der Waals surface area contributed by atoms with E-state index in [1.165, 1.54) is 4.90 Å². The maximum atomic E-state index is 13.0. The summed E-state index contributed by atoms with van der Waals surface area (Å²) in [7, 11) is 0. The Labute approximate surface area is 151 Å². The van der Waals surface area contributed by atoms with Crippen molar-refractivity contribution >= 4 is 17.8 Å². The van der Waals surface area contributed by atoms with E-state index in [1.54, 1.807) is 48.5 Å². The number of carboxylic acids is 1. The molecule has 1 fully saturated rings. The topological polar surface area (TPSA) is 86.7 Å². The molecule has 1 aliphatic rings. The molecule has 1 heterocycles. The summed E-state index contributed by atoms with van der Waals surface area (Å²) in [5.41, 5.74) is 1.13. The smallest absolute Gasteiger partial charge is 0.308 e. The third-order valence-corrected chi connectivity index (χ3v) is 4.54. The second-order valence-corrected chi connectivity index (χ2v) is 6.29.